The van der Waals surface area contributed by atoms with Gasteiger partial charge in [0.05, 0.1) is 30.5 Å². The number of benzene rings is 1. The second kappa shape index (κ2) is 5.32. The van der Waals surface area contributed by atoms with E-state index in [-0.39, 0.29) is 18.9 Å². The Kier molecular flexibility index (Phi) is 3.72. The van der Waals surface area contributed by atoms with Crippen LogP contribution in [0, 0.1) is 11.3 Å². The minimum absolute atomic E-state index is 0.160. The first kappa shape index (κ1) is 14.7. The number of nitrogens with zero attached hydrogens (tertiary/aromatic N) is 2. The van der Waals surface area contributed by atoms with Crippen molar-refractivity contribution >= 4 is 17.7 Å². The molecule has 21 heavy (non-hydrogen) atoms. The number of amides is 1. The molecular weight excluding hydrogens is 276 g/mol. The smallest absolute Gasteiger partial charge is 0.414 e. The zero-order chi connectivity index (χ0) is 15.6. The molecule has 1 atom stereocenters. The van der Waals surface area contributed by atoms with Gasteiger partial charge in [-0.2, -0.15) is 5.26 Å². The SMILES string of the molecule is CCOC(=O)N1CC(C)(C(=O)O)Oc2ccc(C#N)cc21. The number of hydrogen-bond donors (Lipinski definition) is 1. The van der Waals surface area contributed by atoms with Gasteiger partial charge in [-0.3, -0.25) is 4.90 Å². The molecule has 1 aromatic carbocycles. The lowest BCUT2D eigenvalue weighted by Crippen LogP contribution is -2.55. The zero-order valence-corrected chi connectivity index (χ0v) is 11.6. The Hall–Kier alpha value is -2.75. The molecule has 1 aliphatic heterocycles. The molecule has 1 N–H and O–H groups in total. The summed E-state index contributed by atoms with van der Waals surface area (Å²) in [5, 5.41) is 18.2. The lowest BCUT2D eigenvalue weighted by Gasteiger charge is -2.38. The van der Waals surface area contributed by atoms with E-state index in [4.69, 9.17) is 14.7 Å². The van der Waals surface area contributed by atoms with Gasteiger partial charge in [0.25, 0.3) is 0 Å². The maximum Gasteiger partial charge on any atom is 0.414 e. The summed E-state index contributed by atoms with van der Waals surface area (Å²) in [4.78, 5) is 24.6. The van der Waals surface area contributed by atoms with E-state index in [1.165, 1.54) is 30.0 Å². The Morgan fingerprint density at radius 1 is 1.57 bits per heavy atom. The monoisotopic (exact) mass is 290 g/mol. The lowest BCUT2D eigenvalue weighted by atomic mass is 10.0. The van der Waals surface area contributed by atoms with Gasteiger partial charge >= 0.3 is 12.1 Å². The Balaban J connectivity index is 2.51. The van der Waals surface area contributed by atoms with Gasteiger partial charge in [-0.25, -0.2) is 9.59 Å². The molecule has 1 unspecified atom stereocenters. The van der Waals surface area contributed by atoms with Crippen molar-refractivity contribution in [1.82, 2.24) is 0 Å². The molecule has 7 nitrogen and oxygen atoms in total. The molecule has 110 valence electrons. The molecule has 0 fully saturated rings. The average Bonchev–Trinajstić information content (AvgIpc) is 2.46. The highest BCUT2D eigenvalue weighted by Gasteiger charge is 2.44. The van der Waals surface area contributed by atoms with Gasteiger partial charge in [0.2, 0.25) is 5.60 Å². The summed E-state index contributed by atoms with van der Waals surface area (Å²) < 4.78 is 10.4. The van der Waals surface area contributed by atoms with Crippen LogP contribution in [0.1, 0.15) is 19.4 Å². The van der Waals surface area contributed by atoms with Crippen LogP contribution in [0.2, 0.25) is 0 Å². The first-order valence-corrected chi connectivity index (χ1v) is 6.32. The number of rotatable bonds is 2. The fraction of sp³-hybridized carbons (Fsp3) is 0.357. The van der Waals surface area contributed by atoms with Crippen molar-refractivity contribution in [2.24, 2.45) is 0 Å². The zero-order valence-electron chi connectivity index (χ0n) is 11.6. The Morgan fingerprint density at radius 2 is 2.29 bits per heavy atom. The lowest BCUT2D eigenvalue weighted by molar-refractivity contribution is -0.153. The highest BCUT2D eigenvalue weighted by Crippen LogP contribution is 2.38. The summed E-state index contributed by atoms with van der Waals surface area (Å²) in [6.07, 6.45) is -0.676. The van der Waals surface area contributed by atoms with Crippen LogP contribution in [0.15, 0.2) is 18.2 Å². The van der Waals surface area contributed by atoms with Crippen molar-refractivity contribution in [2.45, 2.75) is 19.4 Å². The highest BCUT2D eigenvalue weighted by atomic mass is 16.6. The third-order valence-corrected chi connectivity index (χ3v) is 3.11. The largest absolute Gasteiger partial charge is 0.478 e. The Bertz CT molecular complexity index is 637. The van der Waals surface area contributed by atoms with Crippen molar-refractivity contribution in [3.8, 4) is 11.8 Å². The van der Waals surface area contributed by atoms with Gasteiger partial charge in [0, 0.05) is 0 Å². The maximum atomic E-state index is 12.0. The van der Waals surface area contributed by atoms with Crippen LogP contribution in [0.5, 0.6) is 5.75 Å². The van der Waals surface area contributed by atoms with Crippen molar-refractivity contribution in [3.05, 3.63) is 23.8 Å². The molecule has 0 spiro atoms. The molecule has 1 aliphatic rings. The molecule has 0 saturated carbocycles. The third kappa shape index (κ3) is 2.60. The summed E-state index contributed by atoms with van der Waals surface area (Å²) >= 11 is 0. The second-order valence-corrected chi connectivity index (χ2v) is 4.72. The molecular formula is C14H14N2O5. The number of fused-ring (bicyclic) bond motifs is 1. The maximum absolute atomic E-state index is 12.0. The molecule has 1 aromatic rings. The van der Waals surface area contributed by atoms with Crippen LogP contribution in [-0.4, -0.2) is 35.9 Å². The number of ether oxygens (including phenoxy) is 2. The van der Waals surface area contributed by atoms with Crippen molar-refractivity contribution < 1.29 is 24.2 Å². The third-order valence-electron chi connectivity index (χ3n) is 3.11. The summed E-state index contributed by atoms with van der Waals surface area (Å²) in [6, 6.07) is 6.40. The molecule has 2 rings (SSSR count). The number of nitriles is 1. The van der Waals surface area contributed by atoms with E-state index >= 15 is 0 Å². The van der Waals surface area contributed by atoms with Crippen LogP contribution < -0.4 is 9.64 Å². The minimum Gasteiger partial charge on any atom is -0.478 e. The van der Waals surface area contributed by atoms with Crippen molar-refractivity contribution in [2.75, 3.05) is 18.1 Å². The van der Waals surface area contributed by atoms with Crippen LogP contribution >= 0.6 is 0 Å². The first-order valence-electron chi connectivity index (χ1n) is 6.32. The van der Waals surface area contributed by atoms with Gasteiger partial charge in [0.1, 0.15) is 5.75 Å². The van der Waals surface area contributed by atoms with Crippen LogP contribution in [-0.2, 0) is 9.53 Å². The number of aliphatic carboxylic acids is 1. The quantitative estimate of drug-likeness (QED) is 0.890. The van der Waals surface area contributed by atoms with E-state index in [0.717, 1.165) is 0 Å². The van der Waals surface area contributed by atoms with E-state index in [1.54, 1.807) is 6.92 Å². The van der Waals surface area contributed by atoms with E-state index in [0.29, 0.717) is 11.3 Å². The van der Waals surface area contributed by atoms with Crippen LogP contribution in [0.4, 0.5) is 10.5 Å². The molecule has 1 heterocycles. The Labute approximate surface area is 121 Å². The number of carbonyl (C=O) groups is 2. The van der Waals surface area contributed by atoms with E-state index in [9.17, 15) is 14.7 Å². The highest BCUT2D eigenvalue weighted by molar-refractivity contribution is 5.93. The fourth-order valence-corrected chi connectivity index (χ4v) is 2.02. The molecule has 0 aliphatic carbocycles. The topological polar surface area (TPSA) is 99.9 Å². The molecule has 0 radical (unpaired) electrons. The van der Waals surface area contributed by atoms with E-state index in [2.05, 4.69) is 0 Å². The summed E-state index contributed by atoms with van der Waals surface area (Å²) in [6.45, 7) is 2.99. The molecule has 1 amide bonds. The van der Waals surface area contributed by atoms with Crippen LogP contribution in [0.3, 0.4) is 0 Å². The van der Waals surface area contributed by atoms with Gasteiger partial charge in [-0.05, 0) is 32.0 Å². The first-order chi connectivity index (χ1) is 9.91. The average molecular weight is 290 g/mol. The van der Waals surface area contributed by atoms with Crippen molar-refractivity contribution in [3.63, 3.8) is 0 Å². The molecule has 7 heteroatoms. The molecule has 0 aromatic heterocycles. The summed E-state index contributed by atoms with van der Waals surface area (Å²) in [5.74, 6) is -0.968. The van der Waals surface area contributed by atoms with Gasteiger partial charge in [-0.15, -0.1) is 0 Å². The summed E-state index contributed by atoms with van der Waals surface area (Å²) in [5.41, 5.74) is -0.912. The van der Waals surface area contributed by atoms with Crippen molar-refractivity contribution in [1.29, 1.82) is 5.26 Å². The standard InChI is InChI=1S/C14H14N2O5/c1-3-20-13(19)16-8-14(2,12(17)18)21-11-5-4-9(7-15)6-10(11)16/h4-6H,3,8H2,1-2H3,(H,17,18). The normalized spacial score (nSPS) is 20.0. The second-order valence-electron chi connectivity index (χ2n) is 4.72. The predicted molar refractivity (Wildman–Crippen MR) is 72.2 cm³/mol. The summed E-state index contributed by atoms with van der Waals surface area (Å²) in [7, 11) is 0. The van der Waals surface area contributed by atoms with E-state index in [1.807, 2.05) is 6.07 Å². The number of carboxylic acid groups (broad SMARTS) is 1. The number of carbonyl (C=O) groups excluding carboxylic acids is 1. The van der Waals surface area contributed by atoms with Crippen LogP contribution in [0.25, 0.3) is 0 Å². The number of carboxylic acids is 1. The Morgan fingerprint density at radius 3 is 2.86 bits per heavy atom. The molecule has 0 saturated heterocycles. The predicted octanol–water partition coefficient (Wildman–Crippen LogP) is 1.76. The van der Waals surface area contributed by atoms with Gasteiger partial charge in [-0.1, -0.05) is 0 Å². The van der Waals surface area contributed by atoms with Gasteiger partial charge < -0.3 is 14.6 Å². The fourth-order valence-electron chi connectivity index (χ4n) is 2.02. The number of hydrogen-bond acceptors (Lipinski definition) is 5. The van der Waals surface area contributed by atoms with E-state index < -0.39 is 17.7 Å². The minimum atomic E-state index is -1.58. The number of anilines is 1. The van der Waals surface area contributed by atoms with Gasteiger partial charge in [0.15, 0.2) is 0 Å². The molecule has 0 bridgehead atoms.